The molecule has 1 atom stereocenters. The number of carbonyl (C=O) groups excluding carboxylic acids is 1. The predicted octanol–water partition coefficient (Wildman–Crippen LogP) is 3.37. The Morgan fingerprint density at radius 3 is 2.48 bits per heavy atom. The molecule has 0 spiro atoms. The minimum absolute atomic E-state index is 0.192. The van der Waals surface area contributed by atoms with E-state index in [1.807, 2.05) is 49.9 Å². The normalized spacial score (nSPS) is 15.9. The van der Waals surface area contributed by atoms with E-state index in [9.17, 15) is 9.18 Å². The average Bonchev–Trinajstić information content (AvgIpc) is 3.19. The number of halogens is 1. The molecule has 1 aliphatic rings. The molecule has 3 rings (SSSR count). The number of rotatable bonds is 7. The van der Waals surface area contributed by atoms with Crippen LogP contribution in [0.25, 0.3) is 11.1 Å². The van der Waals surface area contributed by atoms with E-state index in [1.165, 1.54) is 17.2 Å². The van der Waals surface area contributed by atoms with Crippen molar-refractivity contribution < 1.29 is 19.0 Å². The molecule has 2 aromatic carbocycles. The summed E-state index contributed by atoms with van der Waals surface area (Å²) < 4.78 is 19.7. The van der Waals surface area contributed by atoms with Crippen LogP contribution in [0.5, 0.6) is 0 Å². The summed E-state index contributed by atoms with van der Waals surface area (Å²) in [6.45, 7) is 7.23. The highest BCUT2D eigenvalue weighted by atomic mass is 19.1. The Morgan fingerprint density at radius 2 is 1.97 bits per heavy atom. The fourth-order valence-corrected chi connectivity index (χ4v) is 3.23. The van der Waals surface area contributed by atoms with Crippen molar-refractivity contribution >= 4 is 11.8 Å². The molecule has 1 amide bonds. The number of nitrogens with two attached hydrogens (primary N) is 2. The van der Waals surface area contributed by atoms with Gasteiger partial charge in [0.2, 0.25) is 0 Å². The topological polar surface area (TPSA) is 105 Å². The number of aliphatic hydroxyl groups excluding tert-OH is 1. The summed E-state index contributed by atoms with van der Waals surface area (Å²) in [6.07, 6.45) is 0.184. The van der Waals surface area contributed by atoms with Crippen LogP contribution in [0.3, 0.4) is 0 Å². The number of hydrogen-bond donors (Lipinski definition) is 3. The second-order valence-electron chi connectivity index (χ2n) is 6.77. The van der Waals surface area contributed by atoms with Crippen molar-refractivity contribution in [3.8, 4) is 11.1 Å². The second kappa shape index (κ2) is 11.2. The molecular weight excluding hydrogens is 399 g/mol. The van der Waals surface area contributed by atoms with Crippen LogP contribution in [0, 0.1) is 5.82 Å². The Hall–Kier alpha value is -3.26. The summed E-state index contributed by atoms with van der Waals surface area (Å²) in [4.78, 5) is 15.1. The molecule has 1 aliphatic heterocycles. The highest BCUT2D eigenvalue weighted by molar-refractivity contribution is 5.90. The number of cyclic esters (lactones) is 1. The van der Waals surface area contributed by atoms with Crippen molar-refractivity contribution in [2.45, 2.75) is 33.4 Å². The predicted molar refractivity (Wildman–Crippen MR) is 120 cm³/mol. The largest absolute Gasteiger partial charge is 0.441 e. The molecule has 0 radical (unpaired) electrons. The zero-order chi connectivity index (χ0) is 23.0. The summed E-state index contributed by atoms with van der Waals surface area (Å²) in [6, 6.07) is 12.1. The Bertz CT molecular complexity index is 902. The number of amides is 1. The third kappa shape index (κ3) is 5.67. The summed E-state index contributed by atoms with van der Waals surface area (Å²) in [5.74, 6) is 0.0584. The number of nitrogens with zero attached hydrogens (tertiary/aromatic N) is 2. The minimum Gasteiger partial charge on any atom is -0.441 e. The van der Waals surface area contributed by atoms with Crippen molar-refractivity contribution in [3.63, 3.8) is 0 Å². The first-order chi connectivity index (χ1) is 15.0. The van der Waals surface area contributed by atoms with E-state index in [4.69, 9.17) is 21.3 Å². The monoisotopic (exact) mass is 430 g/mol. The third-order valence-corrected chi connectivity index (χ3v) is 4.90. The molecule has 2 aromatic rings. The Labute approximate surface area is 182 Å². The smallest absolute Gasteiger partial charge is 0.414 e. The van der Waals surface area contributed by atoms with Gasteiger partial charge in [-0.05, 0) is 36.2 Å². The van der Waals surface area contributed by atoms with Crippen LogP contribution in [0.2, 0.25) is 0 Å². The number of hydrogen-bond acceptors (Lipinski definition) is 6. The van der Waals surface area contributed by atoms with E-state index < -0.39 is 18.0 Å². The molecule has 0 saturated carbocycles. The number of carbonyl (C=O) groups is 1. The minimum atomic E-state index is -0.594. The van der Waals surface area contributed by atoms with E-state index >= 15 is 0 Å². The fourth-order valence-electron chi connectivity index (χ4n) is 3.23. The van der Waals surface area contributed by atoms with Gasteiger partial charge < -0.3 is 26.2 Å². The van der Waals surface area contributed by atoms with Crippen molar-refractivity contribution in [2.75, 3.05) is 24.6 Å². The number of aliphatic hydroxyl groups is 1. The lowest BCUT2D eigenvalue weighted by Gasteiger charge is -2.22. The second-order valence-corrected chi connectivity index (χ2v) is 6.77. The van der Waals surface area contributed by atoms with E-state index in [1.54, 1.807) is 12.1 Å². The lowest BCUT2D eigenvalue weighted by Crippen LogP contribution is -2.28. The molecule has 0 bridgehead atoms. The molecule has 168 valence electrons. The van der Waals surface area contributed by atoms with E-state index in [0.29, 0.717) is 30.2 Å². The highest BCUT2D eigenvalue weighted by Crippen LogP contribution is 2.29. The number of benzene rings is 2. The number of ether oxygens (including phenoxy) is 1. The summed E-state index contributed by atoms with van der Waals surface area (Å²) >= 11 is 0. The molecule has 0 aromatic heterocycles. The van der Waals surface area contributed by atoms with Crippen molar-refractivity contribution in [1.29, 1.82) is 0 Å². The fraction of sp³-hybridized carbons (Fsp3) is 0.348. The van der Waals surface area contributed by atoms with Crippen LogP contribution >= 0.6 is 0 Å². The van der Waals surface area contributed by atoms with E-state index in [0.717, 1.165) is 11.1 Å². The SMILES string of the molecule is CC.CCN(Cc1ccc(-c2ccc(N3CC(CO)OC3=O)cc2F)cc1)/C(N)=C/N. The van der Waals surface area contributed by atoms with Gasteiger partial charge in [-0.25, -0.2) is 9.18 Å². The van der Waals surface area contributed by atoms with Gasteiger partial charge in [0.15, 0.2) is 0 Å². The van der Waals surface area contributed by atoms with Gasteiger partial charge in [-0.3, -0.25) is 4.90 Å². The Balaban J connectivity index is 0.00000166. The van der Waals surface area contributed by atoms with Gasteiger partial charge in [0.05, 0.1) is 18.8 Å². The maximum atomic E-state index is 14.7. The quantitative estimate of drug-likeness (QED) is 0.622. The van der Waals surface area contributed by atoms with Crippen molar-refractivity contribution in [3.05, 3.63) is 65.9 Å². The van der Waals surface area contributed by atoms with Crippen LogP contribution in [0.4, 0.5) is 14.9 Å². The molecule has 31 heavy (non-hydrogen) atoms. The molecular formula is C23H31FN4O3. The standard InChI is InChI=1S/C21H25FN4O3.C2H6/c1-2-25(20(24)10-23)11-14-3-5-15(6-4-14)18-8-7-16(9-19(18)22)26-12-17(13-27)29-21(26)28;1-2/h3-10,17,27H,2,11-13,23-24H2,1H3;1-2H3/b20-10+;. The van der Waals surface area contributed by atoms with Gasteiger partial charge in [0, 0.05) is 24.9 Å². The molecule has 7 nitrogen and oxygen atoms in total. The maximum Gasteiger partial charge on any atom is 0.414 e. The summed E-state index contributed by atoms with van der Waals surface area (Å²) in [7, 11) is 0. The molecule has 0 aliphatic carbocycles. The first kappa shape index (κ1) is 24.0. The maximum absolute atomic E-state index is 14.7. The van der Waals surface area contributed by atoms with Gasteiger partial charge in [0.1, 0.15) is 17.7 Å². The van der Waals surface area contributed by atoms with Gasteiger partial charge in [-0.15, -0.1) is 0 Å². The van der Waals surface area contributed by atoms with Gasteiger partial charge in [-0.1, -0.05) is 38.1 Å². The van der Waals surface area contributed by atoms with Gasteiger partial charge >= 0.3 is 6.09 Å². The van der Waals surface area contributed by atoms with Crippen molar-refractivity contribution in [2.24, 2.45) is 11.5 Å². The molecule has 8 heteroatoms. The first-order valence-electron chi connectivity index (χ1n) is 10.4. The van der Waals surface area contributed by atoms with Crippen LogP contribution in [-0.2, 0) is 11.3 Å². The van der Waals surface area contributed by atoms with E-state index in [2.05, 4.69) is 0 Å². The highest BCUT2D eigenvalue weighted by Gasteiger charge is 2.32. The Morgan fingerprint density at radius 1 is 1.29 bits per heavy atom. The molecule has 5 N–H and O–H groups in total. The number of anilines is 1. The van der Waals surface area contributed by atoms with Gasteiger partial charge in [0.25, 0.3) is 0 Å². The molecule has 1 heterocycles. The molecule has 1 saturated heterocycles. The van der Waals surface area contributed by atoms with Crippen LogP contribution in [0.15, 0.2) is 54.5 Å². The summed E-state index contributed by atoms with van der Waals surface area (Å²) in [5, 5.41) is 9.14. The molecule has 1 fully saturated rings. The first-order valence-corrected chi connectivity index (χ1v) is 10.4. The van der Waals surface area contributed by atoms with E-state index in [-0.39, 0.29) is 13.2 Å². The van der Waals surface area contributed by atoms with Crippen LogP contribution in [0.1, 0.15) is 26.3 Å². The zero-order valence-corrected chi connectivity index (χ0v) is 18.2. The van der Waals surface area contributed by atoms with Gasteiger partial charge in [-0.2, -0.15) is 0 Å². The van der Waals surface area contributed by atoms with Crippen molar-refractivity contribution in [1.82, 2.24) is 4.90 Å². The van der Waals surface area contributed by atoms with Crippen LogP contribution < -0.4 is 16.4 Å². The lowest BCUT2D eigenvalue weighted by atomic mass is 10.0. The Kier molecular flexibility index (Phi) is 8.69. The zero-order valence-electron chi connectivity index (χ0n) is 18.2. The molecule has 1 unspecified atom stereocenters. The third-order valence-electron chi connectivity index (χ3n) is 4.90. The van der Waals surface area contributed by atoms with Crippen LogP contribution in [-0.4, -0.2) is 41.9 Å². The lowest BCUT2D eigenvalue weighted by molar-refractivity contribution is 0.0963. The average molecular weight is 431 g/mol. The summed E-state index contributed by atoms with van der Waals surface area (Å²) in [5.41, 5.74) is 13.9.